The van der Waals surface area contributed by atoms with Gasteiger partial charge in [-0.05, 0) is 31.4 Å². The van der Waals surface area contributed by atoms with Crippen LogP contribution in [0.4, 0.5) is 4.39 Å². The van der Waals surface area contributed by atoms with Crippen molar-refractivity contribution in [3.63, 3.8) is 0 Å². The zero-order valence-electron chi connectivity index (χ0n) is 17.7. The highest BCUT2D eigenvalue weighted by Gasteiger charge is 2.71. The summed E-state index contributed by atoms with van der Waals surface area (Å²) >= 11 is 7.75. The van der Waals surface area contributed by atoms with Crippen molar-refractivity contribution < 1.29 is 22.3 Å². The molecule has 2 N–H and O–H groups in total. The van der Waals surface area contributed by atoms with Gasteiger partial charge < -0.3 is 10.1 Å². The van der Waals surface area contributed by atoms with E-state index in [2.05, 4.69) is 15.0 Å². The number of aromatic nitrogens is 1. The van der Waals surface area contributed by atoms with Gasteiger partial charge in [0.25, 0.3) is 0 Å². The number of carbonyl (C=O) groups is 1. The van der Waals surface area contributed by atoms with Crippen molar-refractivity contribution in [2.24, 2.45) is 10.4 Å². The lowest BCUT2D eigenvalue weighted by Crippen LogP contribution is -2.76. The summed E-state index contributed by atoms with van der Waals surface area (Å²) in [4.78, 5) is 22.1. The first-order chi connectivity index (χ1) is 15.5. The van der Waals surface area contributed by atoms with E-state index in [9.17, 15) is 17.6 Å². The average Bonchev–Trinajstić information content (AvgIpc) is 3.22. The van der Waals surface area contributed by atoms with Gasteiger partial charge in [0.1, 0.15) is 11.9 Å². The van der Waals surface area contributed by atoms with Gasteiger partial charge >= 0.3 is 5.97 Å². The number of rotatable bonds is 6. The molecule has 1 unspecified atom stereocenters. The number of amidine groups is 1. The minimum Gasteiger partial charge on any atom is -0.466 e. The van der Waals surface area contributed by atoms with Crippen LogP contribution in [0.3, 0.4) is 0 Å². The number of esters is 1. The van der Waals surface area contributed by atoms with Crippen molar-refractivity contribution in [3.8, 4) is 0 Å². The molecular weight excluding hydrogens is 491 g/mol. The van der Waals surface area contributed by atoms with Crippen LogP contribution in [0.25, 0.3) is 0 Å². The Bertz CT molecular complexity index is 1300. The summed E-state index contributed by atoms with van der Waals surface area (Å²) in [7, 11) is -2.09. The molecule has 2 aromatic rings. The number of aliphatic imine (C=N–C) groups is 1. The Labute approximate surface area is 199 Å². The number of benzene rings is 1. The van der Waals surface area contributed by atoms with Crippen molar-refractivity contribution in [1.29, 1.82) is 0 Å². The number of sulfonamides is 1. The van der Waals surface area contributed by atoms with E-state index >= 15 is 0 Å². The standard InChI is InChI=1S/C21H20ClFN4O4S2/c1-31-19(28)14-15(12-4-3-11(23)7-13(12)22)25-17(18-24-5-6-32-18)26-16(14)20-8-21(9-20,10-20)27-33(2,29)30/h3-7,15,27H,8-10H2,1-2H3,(H,25,26). The predicted octanol–water partition coefficient (Wildman–Crippen LogP) is 2.93. The van der Waals surface area contributed by atoms with Crippen LogP contribution in [-0.4, -0.2) is 44.1 Å². The highest BCUT2D eigenvalue weighted by Crippen LogP contribution is 2.71. The van der Waals surface area contributed by atoms with Crippen molar-refractivity contribution in [2.45, 2.75) is 30.8 Å². The SMILES string of the molecule is COC(=O)C1=C(C23CC(NS(C)(=O)=O)(C2)C3)NC(c2nccs2)=NC1c1ccc(F)cc1Cl. The van der Waals surface area contributed by atoms with Crippen LogP contribution in [-0.2, 0) is 19.6 Å². The molecule has 8 nitrogen and oxygen atoms in total. The molecule has 12 heteroatoms. The maximum Gasteiger partial charge on any atom is 0.338 e. The third-order valence-corrected chi connectivity index (χ3v) is 8.22. The number of methoxy groups -OCH3 is 1. The Morgan fingerprint density at radius 2 is 2.09 bits per heavy atom. The Balaban J connectivity index is 1.62. The monoisotopic (exact) mass is 510 g/mol. The van der Waals surface area contributed by atoms with Crippen LogP contribution in [0.15, 0.2) is 46.0 Å². The predicted molar refractivity (Wildman–Crippen MR) is 122 cm³/mol. The number of ether oxygens (including phenoxy) is 1. The maximum absolute atomic E-state index is 13.7. The molecule has 0 spiro atoms. The molecule has 0 amide bonds. The van der Waals surface area contributed by atoms with Gasteiger partial charge in [-0.25, -0.2) is 27.3 Å². The summed E-state index contributed by atoms with van der Waals surface area (Å²) < 4.78 is 45.1. The molecule has 6 rings (SSSR count). The van der Waals surface area contributed by atoms with Gasteiger partial charge in [-0.3, -0.25) is 4.99 Å². The second-order valence-electron chi connectivity index (χ2n) is 8.75. The van der Waals surface area contributed by atoms with E-state index in [-0.39, 0.29) is 10.6 Å². The minimum atomic E-state index is -3.37. The summed E-state index contributed by atoms with van der Waals surface area (Å²) in [5, 5.41) is 5.86. The van der Waals surface area contributed by atoms with Crippen LogP contribution in [0.5, 0.6) is 0 Å². The number of nitrogens with one attached hydrogen (secondary N) is 2. The number of hydrogen-bond acceptors (Lipinski definition) is 8. The number of thiazole rings is 1. The van der Waals surface area contributed by atoms with Gasteiger partial charge in [-0.1, -0.05) is 17.7 Å². The zero-order valence-corrected chi connectivity index (χ0v) is 20.1. The van der Waals surface area contributed by atoms with E-state index in [4.69, 9.17) is 21.3 Å². The molecule has 0 saturated heterocycles. The Hall–Kier alpha value is -2.34. The Morgan fingerprint density at radius 3 is 2.67 bits per heavy atom. The van der Waals surface area contributed by atoms with E-state index in [1.807, 2.05) is 5.38 Å². The fourth-order valence-electron chi connectivity index (χ4n) is 5.24. The summed E-state index contributed by atoms with van der Waals surface area (Å²) in [5.74, 6) is -0.619. The lowest BCUT2D eigenvalue weighted by Gasteiger charge is -2.71. The second-order valence-corrected chi connectivity index (χ2v) is 11.8. The second kappa shape index (κ2) is 7.59. The molecule has 3 saturated carbocycles. The van der Waals surface area contributed by atoms with Gasteiger partial charge in [-0.2, -0.15) is 0 Å². The topological polar surface area (TPSA) is 110 Å². The highest BCUT2D eigenvalue weighted by atomic mass is 35.5. The van der Waals surface area contributed by atoms with Crippen LogP contribution in [0.2, 0.25) is 5.02 Å². The molecule has 4 aliphatic rings. The van der Waals surface area contributed by atoms with E-state index in [1.54, 1.807) is 6.20 Å². The lowest BCUT2D eigenvalue weighted by molar-refractivity contribution is -0.138. The highest BCUT2D eigenvalue weighted by molar-refractivity contribution is 7.88. The van der Waals surface area contributed by atoms with E-state index < -0.39 is 38.8 Å². The smallest absolute Gasteiger partial charge is 0.338 e. The van der Waals surface area contributed by atoms with Gasteiger partial charge in [0, 0.05) is 38.8 Å². The molecular formula is C21H20ClFN4O4S2. The molecule has 1 aromatic heterocycles. The fourth-order valence-corrected chi connectivity index (χ4v) is 7.10. The molecule has 3 aliphatic carbocycles. The third kappa shape index (κ3) is 3.76. The molecule has 2 heterocycles. The van der Waals surface area contributed by atoms with Gasteiger partial charge in [0.05, 0.1) is 18.9 Å². The fraction of sp³-hybridized carbons (Fsp3) is 0.381. The van der Waals surface area contributed by atoms with Crippen LogP contribution in [0.1, 0.15) is 35.9 Å². The summed E-state index contributed by atoms with van der Waals surface area (Å²) in [6.45, 7) is 0. The molecule has 1 aliphatic heterocycles. The number of allylic oxidation sites excluding steroid dienone is 1. The number of nitrogens with zero attached hydrogens (tertiary/aromatic N) is 2. The molecule has 33 heavy (non-hydrogen) atoms. The lowest BCUT2D eigenvalue weighted by atomic mass is 9.38. The number of halogens is 2. The molecule has 1 atom stereocenters. The van der Waals surface area contributed by atoms with Crippen LogP contribution < -0.4 is 10.0 Å². The molecule has 174 valence electrons. The molecule has 2 bridgehead atoms. The number of hydrogen-bond donors (Lipinski definition) is 2. The average molecular weight is 511 g/mol. The summed E-state index contributed by atoms with van der Waals surface area (Å²) in [6, 6.07) is 3.11. The van der Waals surface area contributed by atoms with Gasteiger partial charge in [0.15, 0.2) is 10.8 Å². The van der Waals surface area contributed by atoms with Gasteiger partial charge in [0.2, 0.25) is 10.0 Å². The van der Waals surface area contributed by atoms with E-state index in [0.717, 1.165) is 6.26 Å². The molecule has 0 radical (unpaired) electrons. The quantitative estimate of drug-likeness (QED) is 0.578. The first kappa shape index (κ1) is 22.5. The van der Waals surface area contributed by atoms with Crippen molar-refractivity contribution in [1.82, 2.24) is 15.0 Å². The molecule has 1 aromatic carbocycles. The van der Waals surface area contributed by atoms with Crippen LogP contribution in [0, 0.1) is 11.2 Å². The number of carbonyl (C=O) groups excluding carboxylic acids is 1. The van der Waals surface area contributed by atoms with Crippen molar-refractivity contribution in [3.05, 3.63) is 62.5 Å². The van der Waals surface area contributed by atoms with E-state index in [0.29, 0.717) is 41.4 Å². The molecule has 3 fully saturated rings. The van der Waals surface area contributed by atoms with Crippen molar-refractivity contribution >= 4 is 44.8 Å². The summed E-state index contributed by atoms with van der Waals surface area (Å²) in [6.07, 6.45) is 4.38. The summed E-state index contributed by atoms with van der Waals surface area (Å²) in [5.41, 5.74) is 0.408. The Kier molecular flexibility index (Phi) is 5.16. The van der Waals surface area contributed by atoms with Crippen LogP contribution >= 0.6 is 22.9 Å². The maximum atomic E-state index is 13.7. The first-order valence-corrected chi connectivity index (χ1v) is 13.2. The normalized spacial score (nSPS) is 28.4. The largest absolute Gasteiger partial charge is 0.466 e. The zero-order chi connectivity index (χ0) is 23.6. The van der Waals surface area contributed by atoms with Crippen molar-refractivity contribution in [2.75, 3.05) is 13.4 Å². The minimum absolute atomic E-state index is 0.137. The Morgan fingerprint density at radius 1 is 1.36 bits per heavy atom. The van der Waals surface area contributed by atoms with E-state index in [1.165, 1.54) is 36.6 Å². The first-order valence-electron chi connectivity index (χ1n) is 10.1. The van der Waals surface area contributed by atoms with Gasteiger partial charge in [-0.15, -0.1) is 11.3 Å². The third-order valence-electron chi connectivity index (χ3n) is 6.30.